The summed E-state index contributed by atoms with van der Waals surface area (Å²) in [6.07, 6.45) is -0.122. The standard InChI is InChI=1S/C11H10FN3O4/c12-7-1-2-8(15(18)19)9(4-7)14-5-6(11(13)17)3-10(14)16/h1-2,4,6H,3,5H2,(H2,13,17). The lowest BCUT2D eigenvalue weighted by molar-refractivity contribution is -0.384. The van der Waals surface area contributed by atoms with Crippen LogP contribution in [0.15, 0.2) is 18.2 Å². The molecule has 0 bridgehead atoms. The number of nitro benzene ring substituents is 1. The predicted octanol–water partition coefficient (Wildman–Crippen LogP) is 0.572. The molecule has 1 aromatic carbocycles. The van der Waals surface area contributed by atoms with Crippen molar-refractivity contribution in [1.82, 2.24) is 0 Å². The van der Waals surface area contributed by atoms with E-state index in [0.717, 1.165) is 23.1 Å². The zero-order valence-corrected chi connectivity index (χ0v) is 9.71. The lowest BCUT2D eigenvalue weighted by atomic mass is 10.1. The third kappa shape index (κ3) is 2.37. The zero-order chi connectivity index (χ0) is 14.2. The van der Waals surface area contributed by atoms with E-state index in [-0.39, 0.29) is 24.3 Å². The van der Waals surface area contributed by atoms with Crippen molar-refractivity contribution in [2.75, 3.05) is 11.4 Å². The molecule has 19 heavy (non-hydrogen) atoms. The molecular formula is C11H10FN3O4. The summed E-state index contributed by atoms with van der Waals surface area (Å²) in [5.74, 6) is -2.56. The van der Waals surface area contributed by atoms with Gasteiger partial charge in [-0.1, -0.05) is 0 Å². The topological polar surface area (TPSA) is 107 Å². The maximum absolute atomic E-state index is 13.2. The summed E-state index contributed by atoms with van der Waals surface area (Å²) in [4.78, 5) is 34.0. The second-order valence-electron chi connectivity index (χ2n) is 4.20. The SMILES string of the molecule is NC(=O)C1CC(=O)N(c2cc(F)ccc2[N+](=O)[O-])C1. The first kappa shape index (κ1) is 12.9. The molecule has 1 aromatic rings. The highest BCUT2D eigenvalue weighted by atomic mass is 19.1. The van der Waals surface area contributed by atoms with Crippen molar-refractivity contribution >= 4 is 23.2 Å². The van der Waals surface area contributed by atoms with Crippen molar-refractivity contribution < 1.29 is 18.9 Å². The monoisotopic (exact) mass is 267 g/mol. The summed E-state index contributed by atoms with van der Waals surface area (Å²) in [5, 5.41) is 10.9. The molecule has 7 nitrogen and oxygen atoms in total. The number of carbonyl (C=O) groups is 2. The number of halogens is 1. The minimum absolute atomic E-state index is 0.0710. The van der Waals surface area contributed by atoms with Crippen LogP contribution in [0.4, 0.5) is 15.8 Å². The molecule has 1 fully saturated rings. The molecule has 1 aliphatic heterocycles. The van der Waals surface area contributed by atoms with Gasteiger partial charge < -0.3 is 10.6 Å². The highest BCUT2D eigenvalue weighted by Gasteiger charge is 2.36. The van der Waals surface area contributed by atoms with Crippen molar-refractivity contribution in [3.8, 4) is 0 Å². The summed E-state index contributed by atoms with van der Waals surface area (Å²) in [7, 11) is 0. The van der Waals surface area contributed by atoms with Gasteiger partial charge in [-0.2, -0.15) is 0 Å². The van der Waals surface area contributed by atoms with Gasteiger partial charge in [0.15, 0.2) is 0 Å². The Morgan fingerprint density at radius 3 is 2.74 bits per heavy atom. The summed E-state index contributed by atoms with van der Waals surface area (Å²) in [6, 6.07) is 2.82. The van der Waals surface area contributed by atoms with Gasteiger partial charge in [0, 0.05) is 25.1 Å². The molecule has 8 heteroatoms. The van der Waals surface area contributed by atoms with Gasteiger partial charge in [0.05, 0.1) is 10.8 Å². The van der Waals surface area contributed by atoms with Crippen LogP contribution in [0, 0.1) is 21.8 Å². The van der Waals surface area contributed by atoms with Crippen LogP contribution in [0.25, 0.3) is 0 Å². The average molecular weight is 267 g/mol. The lowest BCUT2D eigenvalue weighted by Crippen LogP contribution is -2.28. The smallest absolute Gasteiger partial charge is 0.293 e. The Balaban J connectivity index is 2.42. The number of nitro groups is 1. The number of carbonyl (C=O) groups excluding carboxylic acids is 2. The number of hydrogen-bond acceptors (Lipinski definition) is 4. The predicted molar refractivity (Wildman–Crippen MR) is 62.7 cm³/mol. The van der Waals surface area contributed by atoms with Gasteiger partial charge in [0.2, 0.25) is 11.8 Å². The van der Waals surface area contributed by atoms with Crippen LogP contribution < -0.4 is 10.6 Å². The van der Waals surface area contributed by atoms with E-state index in [9.17, 15) is 24.1 Å². The molecule has 0 spiro atoms. The van der Waals surface area contributed by atoms with E-state index in [1.807, 2.05) is 0 Å². The van der Waals surface area contributed by atoms with Gasteiger partial charge in [-0.3, -0.25) is 19.7 Å². The first-order valence-electron chi connectivity index (χ1n) is 5.43. The van der Waals surface area contributed by atoms with Gasteiger partial charge in [0.25, 0.3) is 5.69 Å². The molecule has 1 saturated heterocycles. The van der Waals surface area contributed by atoms with E-state index in [1.165, 1.54) is 0 Å². The summed E-state index contributed by atoms with van der Waals surface area (Å²) >= 11 is 0. The largest absolute Gasteiger partial charge is 0.369 e. The van der Waals surface area contributed by atoms with Crippen LogP contribution in [0.2, 0.25) is 0 Å². The van der Waals surface area contributed by atoms with Crippen molar-refractivity contribution in [3.05, 3.63) is 34.1 Å². The molecule has 2 rings (SSSR count). The van der Waals surface area contributed by atoms with E-state index >= 15 is 0 Å². The van der Waals surface area contributed by atoms with Gasteiger partial charge in [-0.15, -0.1) is 0 Å². The molecule has 0 aromatic heterocycles. The zero-order valence-electron chi connectivity index (χ0n) is 9.71. The summed E-state index contributed by atoms with van der Waals surface area (Å²) in [6.45, 7) is -0.0710. The van der Waals surface area contributed by atoms with E-state index in [2.05, 4.69) is 0 Å². The molecule has 2 N–H and O–H groups in total. The van der Waals surface area contributed by atoms with Crippen LogP contribution in [0.5, 0.6) is 0 Å². The quantitative estimate of drug-likeness (QED) is 0.638. The number of nitrogens with two attached hydrogens (primary N) is 1. The molecular weight excluding hydrogens is 257 g/mol. The number of rotatable bonds is 3. The Morgan fingerprint density at radius 2 is 2.21 bits per heavy atom. The van der Waals surface area contributed by atoms with Gasteiger partial charge >= 0.3 is 0 Å². The lowest BCUT2D eigenvalue weighted by Gasteiger charge is -2.16. The van der Waals surface area contributed by atoms with E-state index in [4.69, 9.17) is 5.73 Å². The molecule has 1 atom stereocenters. The summed E-state index contributed by atoms with van der Waals surface area (Å²) in [5.41, 5.74) is 4.56. The number of primary amides is 1. The molecule has 0 aliphatic carbocycles. The number of benzene rings is 1. The van der Waals surface area contributed by atoms with E-state index in [1.54, 1.807) is 0 Å². The fourth-order valence-electron chi connectivity index (χ4n) is 2.00. The van der Waals surface area contributed by atoms with Crippen LogP contribution >= 0.6 is 0 Å². The molecule has 1 aliphatic rings. The van der Waals surface area contributed by atoms with Gasteiger partial charge in [0.1, 0.15) is 11.5 Å². The third-order valence-electron chi connectivity index (χ3n) is 2.95. The maximum Gasteiger partial charge on any atom is 0.293 e. The fraction of sp³-hybridized carbons (Fsp3) is 0.273. The minimum atomic E-state index is -0.713. The Bertz CT molecular complexity index is 575. The van der Waals surface area contributed by atoms with E-state index < -0.39 is 28.5 Å². The molecule has 1 unspecified atom stereocenters. The van der Waals surface area contributed by atoms with Gasteiger partial charge in [-0.05, 0) is 6.07 Å². The minimum Gasteiger partial charge on any atom is -0.369 e. The van der Waals surface area contributed by atoms with Crippen LogP contribution in [-0.4, -0.2) is 23.3 Å². The average Bonchev–Trinajstić information content (AvgIpc) is 2.71. The van der Waals surface area contributed by atoms with Crippen LogP contribution in [-0.2, 0) is 9.59 Å². The highest BCUT2D eigenvalue weighted by Crippen LogP contribution is 2.33. The second kappa shape index (κ2) is 4.63. The normalized spacial score (nSPS) is 18.7. The molecule has 100 valence electrons. The maximum atomic E-state index is 13.2. The number of hydrogen-bond donors (Lipinski definition) is 1. The third-order valence-corrected chi connectivity index (χ3v) is 2.95. The first-order chi connectivity index (χ1) is 8.90. The molecule has 2 amide bonds. The van der Waals surface area contributed by atoms with E-state index in [0.29, 0.717) is 0 Å². The summed E-state index contributed by atoms with van der Waals surface area (Å²) < 4.78 is 13.2. The number of anilines is 1. The number of amides is 2. The van der Waals surface area contributed by atoms with Crippen molar-refractivity contribution in [3.63, 3.8) is 0 Å². The Labute approximate surface area is 106 Å². The van der Waals surface area contributed by atoms with Crippen LogP contribution in [0.1, 0.15) is 6.42 Å². The van der Waals surface area contributed by atoms with Crippen LogP contribution in [0.3, 0.4) is 0 Å². The molecule has 1 heterocycles. The number of nitrogens with zero attached hydrogens (tertiary/aromatic N) is 2. The Kier molecular flexibility index (Phi) is 3.16. The van der Waals surface area contributed by atoms with Gasteiger partial charge in [-0.25, -0.2) is 4.39 Å². The Morgan fingerprint density at radius 1 is 1.53 bits per heavy atom. The van der Waals surface area contributed by atoms with Crippen molar-refractivity contribution in [1.29, 1.82) is 0 Å². The van der Waals surface area contributed by atoms with Crippen molar-refractivity contribution in [2.24, 2.45) is 11.7 Å². The fourth-order valence-corrected chi connectivity index (χ4v) is 2.00. The second-order valence-corrected chi connectivity index (χ2v) is 4.20. The highest BCUT2D eigenvalue weighted by molar-refractivity contribution is 6.01. The molecule has 0 saturated carbocycles. The van der Waals surface area contributed by atoms with Crippen molar-refractivity contribution in [2.45, 2.75) is 6.42 Å². The molecule has 0 radical (unpaired) electrons. The Hall–Kier alpha value is -2.51. The first-order valence-corrected chi connectivity index (χ1v) is 5.43.